The van der Waals surface area contributed by atoms with Crippen LogP contribution in [0.5, 0.6) is 0 Å². The van der Waals surface area contributed by atoms with E-state index in [0.717, 1.165) is 12.0 Å². The van der Waals surface area contributed by atoms with Crippen LogP contribution in [0.3, 0.4) is 0 Å². The van der Waals surface area contributed by atoms with Crippen LogP contribution in [0.1, 0.15) is 40.5 Å². The number of hydrogen-bond donors (Lipinski definition) is 1. The highest BCUT2D eigenvalue weighted by Gasteiger charge is 2.40. The van der Waals surface area contributed by atoms with Crippen molar-refractivity contribution in [3.05, 3.63) is 0 Å². The first kappa shape index (κ1) is 23.9. The van der Waals surface area contributed by atoms with Crippen molar-refractivity contribution in [3.63, 3.8) is 0 Å². The first-order valence-electron chi connectivity index (χ1n) is 9.04. The third-order valence-corrected chi connectivity index (χ3v) is 7.17. The van der Waals surface area contributed by atoms with Crippen LogP contribution >= 0.6 is 11.8 Å². The predicted molar refractivity (Wildman–Crippen MR) is 105 cm³/mol. The van der Waals surface area contributed by atoms with Gasteiger partial charge in [-0.15, -0.1) is 0 Å². The topological polar surface area (TPSA) is 110 Å². The van der Waals surface area contributed by atoms with Gasteiger partial charge in [0.15, 0.2) is 5.25 Å². The van der Waals surface area contributed by atoms with Crippen molar-refractivity contribution < 1.29 is 27.0 Å². The van der Waals surface area contributed by atoms with Crippen LogP contribution < -0.4 is 5.32 Å². The van der Waals surface area contributed by atoms with E-state index in [9.17, 15) is 22.8 Å². The lowest BCUT2D eigenvalue weighted by Crippen LogP contribution is -2.44. The number of nitrogens with zero attached hydrogens (tertiary/aromatic N) is 1. The molecule has 0 aromatic rings. The molecule has 8 nitrogen and oxygen atoms in total. The summed E-state index contributed by atoms with van der Waals surface area (Å²) in [5.74, 6) is -0.947. The lowest BCUT2D eigenvalue weighted by molar-refractivity contribution is -0.140. The first-order valence-corrected chi connectivity index (χ1v) is 11.6. The van der Waals surface area contributed by atoms with Crippen molar-refractivity contribution in [2.75, 3.05) is 26.0 Å². The molecule has 0 spiro atoms. The van der Waals surface area contributed by atoms with Gasteiger partial charge in [0, 0.05) is 25.4 Å². The number of likely N-dealkylation sites (tertiary alicyclic amines) is 1. The number of carbonyl (C=O) groups excluding carboxylic acids is 3. The Hall–Kier alpha value is -1.13. The van der Waals surface area contributed by atoms with Gasteiger partial charge in [0.25, 0.3) is 10.1 Å². The zero-order valence-corrected chi connectivity index (χ0v) is 18.2. The van der Waals surface area contributed by atoms with Gasteiger partial charge in [-0.1, -0.05) is 27.7 Å². The van der Waals surface area contributed by atoms with E-state index in [1.54, 1.807) is 11.8 Å². The Morgan fingerprint density at radius 3 is 2.41 bits per heavy atom. The lowest BCUT2D eigenvalue weighted by Gasteiger charge is -2.19. The van der Waals surface area contributed by atoms with Crippen molar-refractivity contribution in [1.82, 2.24) is 10.2 Å². The Morgan fingerprint density at radius 2 is 1.93 bits per heavy atom. The molecule has 27 heavy (non-hydrogen) atoms. The maximum atomic E-state index is 12.4. The molecule has 0 saturated carbocycles. The minimum atomic E-state index is -4.02. The van der Waals surface area contributed by atoms with E-state index < -0.39 is 21.3 Å². The van der Waals surface area contributed by atoms with Crippen molar-refractivity contribution in [2.24, 2.45) is 11.8 Å². The van der Waals surface area contributed by atoms with Gasteiger partial charge in [0.05, 0.1) is 7.11 Å². The van der Waals surface area contributed by atoms with Crippen molar-refractivity contribution in [1.29, 1.82) is 0 Å². The van der Waals surface area contributed by atoms with Gasteiger partial charge in [-0.3, -0.25) is 23.5 Å². The summed E-state index contributed by atoms with van der Waals surface area (Å²) in [6.45, 7) is 7.78. The molecular weight excluding hydrogens is 392 g/mol. The molecule has 1 saturated heterocycles. The second-order valence-corrected chi connectivity index (χ2v) is 10.7. The van der Waals surface area contributed by atoms with Crippen LogP contribution in [0, 0.1) is 11.8 Å². The molecule has 1 rings (SSSR count). The quantitative estimate of drug-likeness (QED) is 0.391. The third-order valence-electron chi connectivity index (χ3n) is 4.42. The molecule has 0 aromatic carbocycles. The van der Waals surface area contributed by atoms with Crippen LogP contribution in [0.2, 0.25) is 0 Å². The summed E-state index contributed by atoms with van der Waals surface area (Å²) in [6, 6.07) is 0. The number of amides is 3. The average Bonchev–Trinajstić information content (AvgIpc) is 2.86. The highest BCUT2D eigenvalue weighted by molar-refractivity contribution is 7.99. The highest BCUT2D eigenvalue weighted by Crippen LogP contribution is 2.25. The largest absolute Gasteiger partial charge is 0.353 e. The zero-order valence-electron chi connectivity index (χ0n) is 16.6. The smallest absolute Gasteiger partial charge is 0.279 e. The zero-order chi connectivity index (χ0) is 20.8. The number of nitrogens with one attached hydrogen (secondary N) is 1. The van der Waals surface area contributed by atoms with Crippen LogP contribution in [0.25, 0.3) is 0 Å². The van der Waals surface area contributed by atoms with E-state index in [0.29, 0.717) is 11.0 Å². The normalized spacial score (nSPS) is 19.2. The van der Waals surface area contributed by atoms with Crippen molar-refractivity contribution in [3.8, 4) is 0 Å². The Morgan fingerprint density at radius 1 is 1.30 bits per heavy atom. The fourth-order valence-corrected chi connectivity index (χ4v) is 4.78. The molecule has 10 heteroatoms. The molecule has 0 aliphatic carbocycles. The molecule has 1 aliphatic rings. The lowest BCUT2D eigenvalue weighted by atomic mass is 9.94. The summed E-state index contributed by atoms with van der Waals surface area (Å²) in [5, 5.41) is 1.52. The standard InChI is InChI=1S/C17H30N2O6S2/c1-11(2)13-10-15(20)19(17(13)22)8-7-18-16(21)14(27(23,24)25-5)6-9-26-12(3)4/h11-14H,6-10H2,1-5H3,(H,18,21). The Kier molecular flexibility index (Phi) is 9.23. The average molecular weight is 423 g/mol. The first-order chi connectivity index (χ1) is 12.5. The third kappa shape index (κ3) is 6.76. The number of carbonyl (C=O) groups is 3. The molecule has 1 heterocycles. The highest BCUT2D eigenvalue weighted by atomic mass is 32.2. The number of hydrogen-bond acceptors (Lipinski definition) is 7. The van der Waals surface area contributed by atoms with Gasteiger partial charge in [-0.2, -0.15) is 20.2 Å². The maximum Gasteiger partial charge on any atom is 0.279 e. The van der Waals surface area contributed by atoms with E-state index in [4.69, 9.17) is 0 Å². The Bertz CT molecular complexity index is 648. The summed E-state index contributed by atoms with van der Waals surface area (Å²) in [7, 11) is -2.99. The summed E-state index contributed by atoms with van der Waals surface area (Å²) >= 11 is 1.55. The van der Waals surface area contributed by atoms with Crippen molar-refractivity contribution in [2.45, 2.75) is 51.0 Å². The molecule has 3 amide bonds. The second kappa shape index (κ2) is 10.4. The molecule has 0 bridgehead atoms. The Balaban J connectivity index is 2.63. The molecule has 0 radical (unpaired) electrons. The predicted octanol–water partition coefficient (Wildman–Crippen LogP) is 1.01. The van der Waals surface area contributed by atoms with E-state index in [2.05, 4.69) is 9.50 Å². The van der Waals surface area contributed by atoms with Crippen LogP contribution in [-0.4, -0.2) is 67.5 Å². The molecular formula is C17H30N2O6S2. The van der Waals surface area contributed by atoms with Gasteiger partial charge in [0.2, 0.25) is 17.7 Å². The Labute approximate surface area is 165 Å². The number of thioether (sulfide) groups is 1. The molecule has 2 atom stereocenters. The van der Waals surface area contributed by atoms with E-state index in [1.165, 1.54) is 0 Å². The summed E-state index contributed by atoms with van der Waals surface area (Å²) in [5.41, 5.74) is 0. The second-order valence-electron chi connectivity index (χ2n) is 7.09. The summed E-state index contributed by atoms with van der Waals surface area (Å²) < 4.78 is 28.6. The van der Waals surface area contributed by atoms with E-state index in [-0.39, 0.29) is 49.6 Å². The van der Waals surface area contributed by atoms with Gasteiger partial charge in [-0.25, -0.2) is 0 Å². The van der Waals surface area contributed by atoms with Gasteiger partial charge < -0.3 is 5.32 Å². The number of rotatable bonds is 11. The minimum Gasteiger partial charge on any atom is -0.353 e. The van der Waals surface area contributed by atoms with Crippen LogP contribution in [0.4, 0.5) is 0 Å². The van der Waals surface area contributed by atoms with Crippen molar-refractivity contribution >= 4 is 39.6 Å². The molecule has 156 valence electrons. The fourth-order valence-electron chi connectivity index (χ4n) is 2.80. The molecule has 0 aromatic heterocycles. The van der Waals surface area contributed by atoms with E-state index in [1.807, 2.05) is 27.7 Å². The summed E-state index contributed by atoms with van der Waals surface area (Å²) in [6.07, 6.45) is 0.305. The summed E-state index contributed by atoms with van der Waals surface area (Å²) in [4.78, 5) is 37.7. The minimum absolute atomic E-state index is 0.00812. The fraction of sp³-hybridized carbons (Fsp3) is 0.824. The van der Waals surface area contributed by atoms with Crippen LogP contribution in [-0.2, 0) is 28.7 Å². The van der Waals surface area contributed by atoms with Gasteiger partial charge in [0.1, 0.15) is 0 Å². The maximum absolute atomic E-state index is 12.4. The SMILES string of the molecule is COS(=O)(=O)C(CCSC(C)C)C(=O)NCCN1C(=O)CC(C(C)C)C1=O. The number of imide groups is 1. The van der Waals surface area contributed by atoms with Crippen LogP contribution in [0.15, 0.2) is 0 Å². The molecule has 1 fully saturated rings. The molecule has 1 N–H and O–H groups in total. The van der Waals surface area contributed by atoms with E-state index >= 15 is 0 Å². The molecule has 2 unspecified atom stereocenters. The monoisotopic (exact) mass is 422 g/mol. The van der Waals surface area contributed by atoms with Gasteiger partial charge in [-0.05, 0) is 23.3 Å². The van der Waals surface area contributed by atoms with Gasteiger partial charge >= 0.3 is 0 Å². The molecule has 1 aliphatic heterocycles.